The average Bonchev–Trinajstić information content (AvgIpc) is 3.22. The standard InChI is InChI=1S/C20H22N4O2S/c1-22(2)17-7-5-8-19(13-17)27(25,26)24-14-18(23-11-10-21-15-23)12-16-6-3-4-9-20(16)24/h3-11,13,15,18H,12,14H2,1-2H3/t18-/m1/s1. The summed E-state index contributed by atoms with van der Waals surface area (Å²) >= 11 is 0. The first kappa shape index (κ1) is 17.6. The average molecular weight is 382 g/mol. The van der Waals surface area contributed by atoms with E-state index in [1.807, 2.05) is 60.1 Å². The third-order valence-corrected chi connectivity index (χ3v) is 6.74. The SMILES string of the molecule is CN(C)c1cccc(S(=O)(=O)N2C[C@H](n3ccnc3)Cc3ccccc32)c1. The first-order valence-electron chi connectivity index (χ1n) is 8.82. The maximum atomic E-state index is 13.5. The maximum Gasteiger partial charge on any atom is 0.264 e. The third-order valence-electron chi connectivity index (χ3n) is 4.96. The van der Waals surface area contributed by atoms with Gasteiger partial charge < -0.3 is 9.47 Å². The van der Waals surface area contributed by atoms with E-state index in [2.05, 4.69) is 4.98 Å². The van der Waals surface area contributed by atoms with Crippen molar-refractivity contribution in [3.05, 3.63) is 72.8 Å². The lowest BCUT2D eigenvalue weighted by Gasteiger charge is -2.35. The summed E-state index contributed by atoms with van der Waals surface area (Å²) in [5.74, 6) is 0. The predicted octanol–water partition coefficient (Wildman–Crippen LogP) is 2.94. The molecule has 7 heteroatoms. The molecule has 6 nitrogen and oxygen atoms in total. The molecule has 0 fully saturated rings. The second kappa shape index (κ2) is 6.74. The largest absolute Gasteiger partial charge is 0.378 e. The summed E-state index contributed by atoms with van der Waals surface area (Å²) in [6.07, 6.45) is 6.13. The summed E-state index contributed by atoms with van der Waals surface area (Å²) in [5, 5.41) is 0. The Morgan fingerprint density at radius 2 is 1.93 bits per heavy atom. The quantitative estimate of drug-likeness (QED) is 0.696. The molecular weight excluding hydrogens is 360 g/mol. The van der Waals surface area contributed by atoms with Crippen molar-refractivity contribution in [1.29, 1.82) is 0 Å². The van der Waals surface area contributed by atoms with Crippen molar-refractivity contribution in [2.24, 2.45) is 0 Å². The summed E-state index contributed by atoms with van der Waals surface area (Å²) in [6, 6.07) is 14.8. The first-order valence-corrected chi connectivity index (χ1v) is 10.3. The van der Waals surface area contributed by atoms with Crippen molar-refractivity contribution in [2.75, 3.05) is 29.8 Å². The monoisotopic (exact) mass is 382 g/mol. The van der Waals surface area contributed by atoms with Gasteiger partial charge in [-0.1, -0.05) is 24.3 Å². The highest BCUT2D eigenvalue weighted by Crippen LogP contribution is 2.36. The zero-order valence-electron chi connectivity index (χ0n) is 15.4. The van der Waals surface area contributed by atoms with Crippen LogP contribution in [-0.4, -0.2) is 38.6 Å². The van der Waals surface area contributed by atoms with Crippen molar-refractivity contribution >= 4 is 21.4 Å². The van der Waals surface area contributed by atoms with E-state index < -0.39 is 10.0 Å². The Bertz CT molecular complexity index is 1050. The Balaban J connectivity index is 1.80. The Morgan fingerprint density at radius 3 is 2.67 bits per heavy atom. The van der Waals surface area contributed by atoms with Gasteiger partial charge in [0.25, 0.3) is 10.0 Å². The molecule has 4 rings (SSSR count). The maximum absolute atomic E-state index is 13.5. The van der Waals surface area contributed by atoms with Crippen molar-refractivity contribution in [3.63, 3.8) is 0 Å². The van der Waals surface area contributed by atoms with E-state index >= 15 is 0 Å². The molecule has 3 aromatic rings. The van der Waals surface area contributed by atoms with Crippen molar-refractivity contribution in [2.45, 2.75) is 17.4 Å². The molecule has 1 aliphatic heterocycles. The number of benzene rings is 2. The fourth-order valence-corrected chi connectivity index (χ4v) is 5.08. The highest BCUT2D eigenvalue weighted by Gasteiger charge is 2.33. The summed E-state index contributed by atoms with van der Waals surface area (Å²) in [7, 11) is 0.117. The number of fused-ring (bicyclic) bond motifs is 1. The van der Waals surface area contributed by atoms with Gasteiger partial charge in [0, 0.05) is 32.2 Å². The fourth-order valence-electron chi connectivity index (χ4n) is 3.50. The van der Waals surface area contributed by atoms with Crippen LogP contribution in [0.2, 0.25) is 0 Å². The summed E-state index contributed by atoms with van der Waals surface area (Å²) in [5.41, 5.74) is 2.63. The van der Waals surface area contributed by atoms with Crippen LogP contribution in [0.3, 0.4) is 0 Å². The molecule has 0 spiro atoms. The Labute approximate surface area is 159 Å². The van der Waals surface area contributed by atoms with E-state index in [0.717, 1.165) is 23.4 Å². The van der Waals surface area contributed by atoms with Crippen LogP contribution >= 0.6 is 0 Å². The normalized spacial score (nSPS) is 16.8. The smallest absolute Gasteiger partial charge is 0.264 e. The molecule has 1 atom stereocenters. The minimum absolute atomic E-state index is 0.00852. The van der Waals surface area contributed by atoms with Crippen LogP contribution in [-0.2, 0) is 16.4 Å². The number of imidazole rings is 1. The fraction of sp³-hybridized carbons (Fsp3) is 0.250. The van der Waals surface area contributed by atoms with Crippen molar-refractivity contribution < 1.29 is 8.42 Å². The zero-order chi connectivity index (χ0) is 19.0. The molecule has 2 aromatic carbocycles. The first-order chi connectivity index (χ1) is 13.0. The lowest BCUT2D eigenvalue weighted by Crippen LogP contribution is -2.40. The summed E-state index contributed by atoms with van der Waals surface area (Å²) in [6.45, 7) is 0.377. The van der Waals surface area contributed by atoms with Gasteiger partial charge in [-0.2, -0.15) is 0 Å². The highest BCUT2D eigenvalue weighted by molar-refractivity contribution is 7.92. The van der Waals surface area contributed by atoms with E-state index in [-0.39, 0.29) is 6.04 Å². The number of hydrogen-bond donors (Lipinski definition) is 0. The number of hydrogen-bond acceptors (Lipinski definition) is 4. The van der Waals surface area contributed by atoms with Crippen LogP contribution in [0.25, 0.3) is 0 Å². The second-order valence-electron chi connectivity index (χ2n) is 6.92. The Kier molecular flexibility index (Phi) is 4.39. The van der Waals surface area contributed by atoms with Crippen molar-refractivity contribution in [3.8, 4) is 0 Å². The molecule has 140 valence electrons. The molecule has 0 N–H and O–H groups in total. The Hall–Kier alpha value is -2.80. The van der Waals surface area contributed by atoms with E-state index in [9.17, 15) is 8.42 Å². The van der Waals surface area contributed by atoms with Gasteiger partial charge in [0.15, 0.2) is 0 Å². The number of sulfonamides is 1. The lowest BCUT2D eigenvalue weighted by atomic mass is 10.00. The van der Waals surface area contributed by atoms with Gasteiger partial charge >= 0.3 is 0 Å². The molecule has 1 aliphatic rings. The summed E-state index contributed by atoms with van der Waals surface area (Å²) < 4.78 is 30.6. The van der Waals surface area contributed by atoms with Crippen molar-refractivity contribution in [1.82, 2.24) is 9.55 Å². The van der Waals surface area contributed by atoms with Crippen LogP contribution < -0.4 is 9.21 Å². The van der Waals surface area contributed by atoms with Gasteiger partial charge in [-0.05, 0) is 36.2 Å². The summed E-state index contributed by atoms with van der Waals surface area (Å²) in [4.78, 5) is 6.32. The van der Waals surface area contributed by atoms with Gasteiger partial charge in [-0.15, -0.1) is 0 Å². The van der Waals surface area contributed by atoms with Crippen LogP contribution in [0.15, 0.2) is 72.1 Å². The minimum Gasteiger partial charge on any atom is -0.378 e. The van der Waals surface area contributed by atoms with Gasteiger partial charge in [-0.25, -0.2) is 13.4 Å². The molecular formula is C20H22N4O2S. The molecule has 0 aliphatic carbocycles. The number of nitrogens with zero attached hydrogens (tertiary/aromatic N) is 4. The zero-order valence-corrected chi connectivity index (χ0v) is 16.2. The van der Waals surface area contributed by atoms with Gasteiger partial charge in [0.05, 0.1) is 29.5 Å². The van der Waals surface area contributed by atoms with E-state index in [4.69, 9.17) is 0 Å². The van der Waals surface area contributed by atoms with Gasteiger partial charge in [0.2, 0.25) is 0 Å². The van der Waals surface area contributed by atoms with Crippen LogP contribution in [0.1, 0.15) is 11.6 Å². The highest BCUT2D eigenvalue weighted by atomic mass is 32.2. The molecule has 27 heavy (non-hydrogen) atoms. The van der Waals surface area contributed by atoms with E-state index in [0.29, 0.717) is 11.4 Å². The molecule has 0 amide bonds. The minimum atomic E-state index is -3.68. The molecule has 0 unspecified atom stereocenters. The third kappa shape index (κ3) is 3.19. The molecule has 0 saturated carbocycles. The number of rotatable bonds is 4. The Morgan fingerprint density at radius 1 is 1.11 bits per heavy atom. The van der Waals surface area contributed by atoms with Crippen LogP contribution in [0.5, 0.6) is 0 Å². The second-order valence-corrected chi connectivity index (χ2v) is 8.79. The van der Waals surface area contributed by atoms with Gasteiger partial charge in [-0.3, -0.25) is 4.31 Å². The molecule has 2 heterocycles. The topological polar surface area (TPSA) is 58.4 Å². The van der Waals surface area contributed by atoms with Gasteiger partial charge in [0.1, 0.15) is 0 Å². The van der Waals surface area contributed by atoms with Crippen LogP contribution in [0, 0.1) is 0 Å². The molecule has 0 bridgehead atoms. The number of para-hydroxylation sites is 1. The van der Waals surface area contributed by atoms with E-state index in [1.165, 1.54) is 4.31 Å². The number of anilines is 2. The van der Waals surface area contributed by atoms with Crippen LogP contribution in [0.4, 0.5) is 11.4 Å². The molecule has 1 aromatic heterocycles. The predicted molar refractivity (Wildman–Crippen MR) is 107 cm³/mol. The van der Waals surface area contributed by atoms with E-state index in [1.54, 1.807) is 30.7 Å². The lowest BCUT2D eigenvalue weighted by molar-refractivity contribution is 0.487. The number of aromatic nitrogens is 2. The molecule has 0 radical (unpaired) electrons. The molecule has 0 saturated heterocycles.